The molecule has 29 heavy (non-hydrogen) atoms. The molecule has 0 aliphatic carbocycles. The molecule has 0 bridgehead atoms. The van der Waals surface area contributed by atoms with Gasteiger partial charge in [-0.25, -0.2) is 0 Å². The number of nitrogens with zero attached hydrogens (tertiary/aromatic N) is 1. The van der Waals surface area contributed by atoms with E-state index in [9.17, 15) is 19.8 Å². The minimum absolute atomic E-state index is 0.0382. The van der Waals surface area contributed by atoms with E-state index < -0.39 is 24.4 Å². The highest BCUT2D eigenvalue weighted by molar-refractivity contribution is 5.94. The maximum Gasteiger partial charge on any atom is 0.251 e. The van der Waals surface area contributed by atoms with E-state index in [1.165, 1.54) is 0 Å². The average molecular weight is 398 g/mol. The zero-order valence-electron chi connectivity index (χ0n) is 16.3. The summed E-state index contributed by atoms with van der Waals surface area (Å²) in [5, 5.41) is 23.2. The standard InChI is InChI=1S/C22H26N2O5/c1-24(14-15-8-4-2-5-9-15)19(25)12-17-20(26)21(27)18(29-17)13-23-22(28)16-10-6-3-7-11-16/h2-11,17-18,20-21,26-27H,12-14H2,1H3,(H,23,28). The van der Waals surface area contributed by atoms with Crippen molar-refractivity contribution < 1.29 is 24.5 Å². The molecule has 0 radical (unpaired) electrons. The van der Waals surface area contributed by atoms with Gasteiger partial charge in [-0.2, -0.15) is 0 Å². The zero-order valence-corrected chi connectivity index (χ0v) is 16.3. The Morgan fingerprint density at radius 1 is 0.966 bits per heavy atom. The molecule has 2 aromatic rings. The van der Waals surface area contributed by atoms with Crippen molar-refractivity contribution >= 4 is 11.8 Å². The fourth-order valence-corrected chi connectivity index (χ4v) is 3.32. The molecule has 1 aliphatic heterocycles. The Labute approximate surface area is 169 Å². The Hall–Kier alpha value is -2.74. The van der Waals surface area contributed by atoms with Crippen molar-refractivity contribution in [1.82, 2.24) is 10.2 Å². The van der Waals surface area contributed by atoms with E-state index in [4.69, 9.17) is 4.74 Å². The molecule has 0 saturated carbocycles. The second-order valence-corrected chi connectivity index (χ2v) is 7.21. The summed E-state index contributed by atoms with van der Waals surface area (Å²) in [7, 11) is 1.69. The quantitative estimate of drug-likeness (QED) is 0.645. The molecule has 0 spiro atoms. The molecule has 0 aromatic heterocycles. The summed E-state index contributed by atoms with van der Waals surface area (Å²) in [6.07, 6.45) is -4.03. The summed E-state index contributed by atoms with van der Waals surface area (Å²) < 4.78 is 5.68. The van der Waals surface area contributed by atoms with Gasteiger partial charge >= 0.3 is 0 Å². The van der Waals surface area contributed by atoms with Crippen LogP contribution in [-0.2, 0) is 16.1 Å². The Morgan fingerprint density at radius 2 is 1.55 bits per heavy atom. The highest BCUT2D eigenvalue weighted by Crippen LogP contribution is 2.24. The number of rotatable bonds is 7. The van der Waals surface area contributed by atoms with Crippen LogP contribution in [0.15, 0.2) is 60.7 Å². The van der Waals surface area contributed by atoms with Crippen molar-refractivity contribution in [2.45, 2.75) is 37.4 Å². The molecule has 1 saturated heterocycles. The fraction of sp³-hybridized carbons (Fsp3) is 0.364. The van der Waals surface area contributed by atoms with Crippen LogP contribution in [-0.4, -0.2) is 64.9 Å². The van der Waals surface area contributed by atoms with Crippen molar-refractivity contribution in [2.75, 3.05) is 13.6 Å². The Morgan fingerprint density at radius 3 is 2.21 bits per heavy atom. The van der Waals surface area contributed by atoms with Gasteiger partial charge in [0.15, 0.2) is 0 Å². The SMILES string of the molecule is CN(Cc1ccccc1)C(=O)CC1OC(CNC(=O)c2ccccc2)C(O)C1O. The number of amides is 2. The third-order valence-electron chi connectivity index (χ3n) is 5.03. The summed E-state index contributed by atoms with van der Waals surface area (Å²) in [4.78, 5) is 26.2. The van der Waals surface area contributed by atoms with Gasteiger partial charge in [-0.15, -0.1) is 0 Å². The Balaban J connectivity index is 1.51. The smallest absolute Gasteiger partial charge is 0.251 e. The largest absolute Gasteiger partial charge is 0.388 e. The molecule has 154 valence electrons. The lowest BCUT2D eigenvalue weighted by atomic mass is 10.0. The van der Waals surface area contributed by atoms with E-state index >= 15 is 0 Å². The van der Waals surface area contributed by atoms with Crippen LogP contribution < -0.4 is 5.32 Å². The number of aliphatic hydroxyl groups is 2. The van der Waals surface area contributed by atoms with Crippen molar-refractivity contribution in [2.24, 2.45) is 0 Å². The number of aliphatic hydroxyl groups excluding tert-OH is 2. The van der Waals surface area contributed by atoms with Crippen LogP contribution in [0.2, 0.25) is 0 Å². The second kappa shape index (κ2) is 9.65. The minimum atomic E-state index is -1.19. The summed E-state index contributed by atoms with van der Waals surface area (Å²) >= 11 is 0. The summed E-state index contributed by atoms with van der Waals surface area (Å²) in [5.74, 6) is -0.489. The molecule has 1 fully saturated rings. The Kier molecular flexibility index (Phi) is 6.98. The van der Waals surface area contributed by atoms with Crippen molar-refractivity contribution in [3.05, 3.63) is 71.8 Å². The van der Waals surface area contributed by atoms with E-state index in [1.54, 1.807) is 36.2 Å². The highest BCUT2D eigenvalue weighted by atomic mass is 16.5. The third kappa shape index (κ3) is 5.41. The van der Waals surface area contributed by atoms with Crippen LogP contribution in [0.5, 0.6) is 0 Å². The maximum absolute atomic E-state index is 12.5. The number of carbonyl (C=O) groups is 2. The van der Waals surface area contributed by atoms with Crippen LogP contribution in [0.25, 0.3) is 0 Å². The molecular formula is C22H26N2O5. The van der Waals surface area contributed by atoms with Gasteiger partial charge in [-0.3, -0.25) is 9.59 Å². The van der Waals surface area contributed by atoms with Crippen LogP contribution >= 0.6 is 0 Å². The maximum atomic E-state index is 12.5. The van der Waals surface area contributed by atoms with E-state index in [-0.39, 0.29) is 24.8 Å². The number of benzene rings is 2. The van der Waals surface area contributed by atoms with Gasteiger partial charge in [0.05, 0.1) is 12.5 Å². The molecule has 2 amide bonds. The lowest BCUT2D eigenvalue weighted by Gasteiger charge is -2.21. The van der Waals surface area contributed by atoms with E-state index in [0.717, 1.165) is 5.56 Å². The summed E-state index contributed by atoms with van der Waals surface area (Å²) in [6, 6.07) is 18.3. The molecule has 1 heterocycles. The molecule has 7 nitrogen and oxygen atoms in total. The lowest BCUT2D eigenvalue weighted by molar-refractivity contribution is -0.134. The second-order valence-electron chi connectivity index (χ2n) is 7.21. The number of ether oxygens (including phenoxy) is 1. The average Bonchev–Trinajstić information content (AvgIpc) is 3.01. The van der Waals surface area contributed by atoms with Gasteiger partial charge in [0.1, 0.15) is 18.3 Å². The molecule has 1 aliphatic rings. The fourth-order valence-electron chi connectivity index (χ4n) is 3.32. The number of carbonyl (C=O) groups excluding carboxylic acids is 2. The van der Waals surface area contributed by atoms with Crippen LogP contribution in [0.3, 0.4) is 0 Å². The topological polar surface area (TPSA) is 99.1 Å². The van der Waals surface area contributed by atoms with Crippen molar-refractivity contribution in [3.8, 4) is 0 Å². The van der Waals surface area contributed by atoms with Crippen LogP contribution in [0.4, 0.5) is 0 Å². The first-order chi connectivity index (χ1) is 14.0. The summed E-state index contributed by atoms with van der Waals surface area (Å²) in [6.45, 7) is 0.484. The Bertz CT molecular complexity index is 814. The zero-order chi connectivity index (χ0) is 20.8. The van der Waals surface area contributed by atoms with Crippen molar-refractivity contribution in [3.63, 3.8) is 0 Å². The molecule has 2 aromatic carbocycles. The third-order valence-corrected chi connectivity index (χ3v) is 5.03. The van der Waals surface area contributed by atoms with Gasteiger partial charge in [0.25, 0.3) is 5.91 Å². The first kappa shape index (κ1) is 21.0. The normalized spacial score (nSPS) is 23.6. The molecule has 7 heteroatoms. The summed E-state index contributed by atoms with van der Waals surface area (Å²) in [5.41, 5.74) is 1.49. The van der Waals surface area contributed by atoms with Crippen LogP contribution in [0.1, 0.15) is 22.3 Å². The van der Waals surface area contributed by atoms with E-state index in [1.807, 2.05) is 36.4 Å². The van der Waals surface area contributed by atoms with Gasteiger partial charge in [-0.1, -0.05) is 48.5 Å². The molecule has 4 atom stereocenters. The van der Waals surface area contributed by atoms with E-state index in [0.29, 0.717) is 12.1 Å². The molecule has 4 unspecified atom stereocenters. The minimum Gasteiger partial charge on any atom is -0.388 e. The van der Waals surface area contributed by atoms with E-state index in [2.05, 4.69) is 5.32 Å². The molecule has 3 N–H and O–H groups in total. The number of nitrogens with one attached hydrogen (secondary N) is 1. The number of hydrogen-bond acceptors (Lipinski definition) is 5. The van der Waals surface area contributed by atoms with Gasteiger partial charge < -0.3 is 25.2 Å². The highest BCUT2D eigenvalue weighted by Gasteiger charge is 2.43. The predicted octanol–water partition coefficient (Wildman–Crippen LogP) is 0.954. The molecular weight excluding hydrogens is 372 g/mol. The first-order valence-corrected chi connectivity index (χ1v) is 9.58. The van der Waals surface area contributed by atoms with Gasteiger partial charge in [0.2, 0.25) is 5.91 Å². The van der Waals surface area contributed by atoms with Crippen molar-refractivity contribution in [1.29, 1.82) is 0 Å². The lowest BCUT2D eigenvalue weighted by Crippen LogP contribution is -2.40. The van der Waals surface area contributed by atoms with Gasteiger partial charge in [0, 0.05) is 25.7 Å². The predicted molar refractivity (Wildman–Crippen MR) is 107 cm³/mol. The molecule has 3 rings (SSSR count). The first-order valence-electron chi connectivity index (χ1n) is 9.58. The number of hydrogen-bond donors (Lipinski definition) is 3. The van der Waals surface area contributed by atoms with Gasteiger partial charge in [-0.05, 0) is 17.7 Å². The van der Waals surface area contributed by atoms with Crippen LogP contribution in [0, 0.1) is 0 Å². The monoisotopic (exact) mass is 398 g/mol.